The summed E-state index contributed by atoms with van der Waals surface area (Å²) in [6.45, 7) is 6.80. The Morgan fingerprint density at radius 2 is 2.11 bits per heavy atom. The number of carbonyl (C=O) groups is 2. The van der Waals surface area contributed by atoms with E-state index in [2.05, 4.69) is 10.6 Å². The highest BCUT2D eigenvalue weighted by Crippen LogP contribution is 2.28. The van der Waals surface area contributed by atoms with Crippen LogP contribution in [-0.2, 0) is 4.79 Å². The number of halogens is 1. The van der Waals surface area contributed by atoms with E-state index in [4.69, 9.17) is 5.26 Å². The molecule has 6 nitrogen and oxygen atoms in total. The zero-order valence-electron chi connectivity index (χ0n) is 16.8. The van der Waals surface area contributed by atoms with Crippen LogP contribution < -0.4 is 10.6 Å². The van der Waals surface area contributed by atoms with E-state index in [1.807, 2.05) is 32.9 Å². The monoisotopic (exact) mass is 388 g/mol. The molecule has 1 fully saturated rings. The number of hydrogen-bond acceptors (Lipinski definition) is 3. The normalized spacial score (nSPS) is 17.7. The smallest absolute Gasteiger partial charge is 0.318 e. The molecule has 1 heterocycles. The van der Waals surface area contributed by atoms with E-state index in [1.165, 1.54) is 12.1 Å². The first-order valence-electron chi connectivity index (χ1n) is 9.77. The van der Waals surface area contributed by atoms with Gasteiger partial charge in [-0.15, -0.1) is 0 Å². The summed E-state index contributed by atoms with van der Waals surface area (Å²) >= 11 is 0. The molecule has 2 unspecified atom stereocenters. The van der Waals surface area contributed by atoms with Crippen LogP contribution in [0, 0.1) is 30.0 Å². The summed E-state index contributed by atoms with van der Waals surface area (Å²) in [5.74, 6) is -0.326. The third-order valence-corrected chi connectivity index (χ3v) is 4.91. The number of piperidine rings is 1. The molecule has 2 N–H and O–H groups in total. The standard InChI is InChI=1S/C21H29FN4O2/c1-14(2)9-19(20(27)24-7-6-23)25-21(28)26-8-4-5-16(13-26)17-10-15(3)11-18(22)12-17/h10-12,14,16,19H,4-5,7-9,13H2,1-3H3,(H,24,27)(H,25,28). The molecule has 1 aliphatic rings. The molecule has 2 atom stereocenters. The van der Waals surface area contributed by atoms with Crippen LogP contribution in [0.5, 0.6) is 0 Å². The third-order valence-electron chi connectivity index (χ3n) is 4.91. The predicted molar refractivity (Wildman–Crippen MR) is 105 cm³/mol. The average molecular weight is 388 g/mol. The van der Waals surface area contributed by atoms with Gasteiger partial charge in [0.1, 0.15) is 18.4 Å². The summed E-state index contributed by atoms with van der Waals surface area (Å²) in [4.78, 5) is 26.7. The molecular weight excluding hydrogens is 359 g/mol. The zero-order valence-corrected chi connectivity index (χ0v) is 16.8. The number of carbonyl (C=O) groups excluding carboxylic acids is 2. The fourth-order valence-corrected chi connectivity index (χ4v) is 3.63. The van der Waals surface area contributed by atoms with Crippen molar-refractivity contribution in [2.45, 2.75) is 52.0 Å². The minimum absolute atomic E-state index is 0.0739. The second-order valence-corrected chi connectivity index (χ2v) is 7.85. The molecule has 0 bridgehead atoms. The first kappa shape index (κ1) is 21.7. The molecule has 152 valence electrons. The summed E-state index contributed by atoms with van der Waals surface area (Å²) < 4.78 is 13.8. The fourth-order valence-electron chi connectivity index (χ4n) is 3.63. The number of benzene rings is 1. The predicted octanol–water partition coefficient (Wildman–Crippen LogP) is 3.08. The van der Waals surface area contributed by atoms with Gasteiger partial charge < -0.3 is 15.5 Å². The van der Waals surface area contributed by atoms with Crippen LogP contribution in [0.1, 0.15) is 50.2 Å². The van der Waals surface area contributed by atoms with Crippen molar-refractivity contribution in [3.05, 3.63) is 35.1 Å². The minimum Gasteiger partial charge on any atom is -0.341 e. The average Bonchev–Trinajstić information content (AvgIpc) is 2.64. The highest BCUT2D eigenvalue weighted by molar-refractivity contribution is 5.87. The van der Waals surface area contributed by atoms with Gasteiger partial charge >= 0.3 is 6.03 Å². The maximum absolute atomic E-state index is 13.8. The quantitative estimate of drug-likeness (QED) is 0.735. The number of nitrogens with zero attached hydrogens (tertiary/aromatic N) is 2. The van der Waals surface area contributed by atoms with Crippen LogP contribution in [0.3, 0.4) is 0 Å². The molecule has 0 aliphatic carbocycles. The lowest BCUT2D eigenvalue weighted by Crippen LogP contribution is -2.53. The lowest BCUT2D eigenvalue weighted by molar-refractivity contribution is -0.123. The maximum atomic E-state index is 13.8. The highest BCUT2D eigenvalue weighted by atomic mass is 19.1. The summed E-state index contributed by atoms with van der Waals surface area (Å²) in [5.41, 5.74) is 1.77. The first-order chi connectivity index (χ1) is 13.3. The van der Waals surface area contributed by atoms with E-state index in [1.54, 1.807) is 4.90 Å². The molecule has 0 aromatic heterocycles. The molecular formula is C21H29FN4O2. The highest BCUT2D eigenvalue weighted by Gasteiger charge is 2.28. The van der Waals surface area contributed by atoms with E-state index in [9.17, 15) is 14.0 Å². The maximum Gasteiger partial charge on any atom is 0.318 e. The largest absolute Gasteiger partial charge is 0.341 e. The van der Waals surface area contributed by atoms with Crippen molar-refractivity contribution in [1.82, 2.24) is 15.5 Å². The van der Waals surface area contributed by atoms with Crippen LogP contribution in [0.15, 0.2) is 18.2 Å². The molecule has 1 aromatic rings. The van der Waals surface area contributed by atoms with Crippen LogP contribution in [0.4, 0.5) is 9.18 Å². The lowest BCUT2D eigenvalue weighted by Gasteiger charge is -2.34. The number of urea groups is 1. The molecule has 28 heavy (non-hydrogen) atoms. The number of rotatable bonds is 6. The van der Waals surface area contributed by atoms with Gasteiger partial charge in [0.2, 0.25) is 5.91 Å². The van der Waals surface area contributed by atoms with Gasteiger partial charge in [0.25, 0.3) is 0 Å². The van der Waals surface area contributed by atoms with Gasteiger partial charge in [-0.1, -0.05) is 19.9 Å². The van der Waals surface area contributed by atoms with Gasteiger partial charge in [0.15, 0.2) is 0 Å². The van der Waals surface area contributed by atoms with Crippen molar-refractivity contribution in [2.75, 3.05) is 19.6 Å². The first-order valence-corrected chi connectivity index (χ1v) is 9.77. The van der Waals surface area contributed by atoms with Crippen LogP contribution in [0.25, 0.3) is 0 Å². The van der Waals surface area contributed by atoms with Crippen LogP contribution >= 0.6 is 0 Å². The topological polar surface area (TPSA) is 85.2 Å². The van der Waals surface area contributed by atoms with Crippen LogP contribution in [-0.4, -0.2) is 42.5 Å². The van der Waals surface area contributed by atoms with Crippen molar-refractivity contribution in [3.63, 3.8) is 0 Å². The number of likely N-dealkylation sites (tertiary alicyclic amines) is 1. The van der Waals surface area contributed by atoms with E-state index >= 15 is 0 Å². The summed E-state index contributed by atoms with van der Waals surface area (Å²) in [7, 11) is 0. The van der Waals surface area contributed by atoms with Gasteiger partial charge in [0, 0.05) is 19.0 Å². The van der Waals surface area contributed by atoms with Gasteiger partial charge in [-0.25, -0.2) is 9.18 Å². The molecule has 2 rings (SSSR count). The lowest BCUT2D eigenvalue weighted by atomic mass is 9.90. The summed E-state index contributed by atoms with van der Waals surface area (Å²) in [6.07, 6.45) is 2.21. The van der Waals surface area contributed by atoms with Crippen molar-refractivity contribution in [1.29, 1.82) is 5.26 Å². The van der Waals surface area contributed by atoms with Gasteiger partial charge in [-0.2, -0.15) is 5.26 Å². The van der Waals surface area contributed by atoms with E-state index in [-0.39, 0.29) is 36.1 Å². The molecule has 1 aliphatic heterocycles. The number of nitrogens with one attached hydrogen (secondary N) is 2. The van der Waals surface area contributed by atoms with Crippen molar-refractivity contribution >= 4 is 11.9 Å². The minimum atomic E-state index is -0.683. The molecule has 0 spiro atoms. The van der Waals surface area contributed by atoms with E-state index in [0.29, 0.717) is 19.5 Å². The molecule has 1 aromatic carbocycles. The summed E-state index contributed by atoms with van der Waals surface area (Å²) in [5, 5.41) is 14.0. The molecule has 3 amide bonds. The van der Waals surface area contributed by atoms with Gasteiger partial charge in [-0.3, -0.25) is 4.79 Å². The second-order valence-electron chi connectivity index (χ2n) is 7.85. The second kappa shape index (κ2) is 10.1. The Bertz CT molecular complexity index is 724. The molecule has 0 saturated carbocycles. The van der Waals surface area contributed by atoms with Crippen molar-refractivity contribution < 1.29 is 14.0 Å². The fraction of sp³-hybridized carbons (Fsp3) is 0.571. The Kier molecular flexibility index (Phi) is 7.80. The van der Waals surface area contributed by atoms with Crippen molar-refractivity contribution in [3.8, 4) is 6.07 Å². The zero-order chi connectivity index (χ0) is 20.7. The number of aryl methyl sites for hydroxylation is 1. The Balaban J connectivity index is 2.04. The van der Waals surface area contributed by atoms with Gasteiger partial charge in [-0.05, 0) is 55.4 Å². The van der Waals surface area contributed by atoms with E-state index < -0.39 is 6.04 Å². The Morgan fingerprint density at radius 1 is 1.36 bits per heavy atom. The summed E-state index contributed by atoms with van der Waals surface area (Å²) in [6, 6.07) is 5.89. The van der Waals surface area contributed by atoms with Crippen molar-refractivity contribution in [2.24, 2.45) is 5.92 Å². The molecule has 1 saturated heterocycles. The number of hydrogen-bond donors (Lipinski definition) is 2. The van der Waals surface area contributed by atoms with Gasteiger partial charge in [0.05, 0.1) is 6.07 Å². The Morgan fingerprint density at radius 3 is 2.75 bits per heavy atom. The van der Waals surface area contributed by atoms with Crippen LogP contribution in [0.2, 0.25) is 0 Å². The Hall–Kier alpha value is -2.62. The van der Waals surface area contributed by atoms with E-state index in [0.717, 1.165) is 24.0 Å². The third kappa shape index (κ3) is 6.22. The molecule has 0 radical (unpaired) electrons. The Labute approximate surface area is 166 Å². The molecule has 7 heteroatoms. The number of amides is 3. The SMILES string of the molecule is Cc1cc(F)cc(C2CCCN(C(=O)NC(CC(C)C)C(=O)NCC#N)C2)c1. The number of nitriles is 1.